The van der Waals surface area contributed by atoms with E-state index in [0.29, 0.717) is 5.16 Å². The topological polar surface area (TPSA) is 51.6 Å². The van der Waals surface area contributed by atoms with E-state index in [0.717, 1.165) is 27.2 Å². The Hall–Kier alpha value is -2.01. The highest BCUT2D eigenvalue weighted by molar-refractivity contribution is 7.99. The number of nitrogens with zero attached hydrogens (tertiary/aromatic N) is 4. The van der Waals surface area contributed by atoms with E-state index < -0.39 is 0 Å². The van der Waals surface area contributed by atoms with Crippen LogP contribution in [-0.2, 0) is 0 Å². The maximum Gasteiger partial charge on any atom is 0.194 e. The molecule has 5 heteroatoms. The largest absolute Gasteiger partial charge is 0.228 e. The van der Waals surface area contributed by atoms with Gasteiger partial charge in [-0.1, -0.05) is 24.3 Å². The Morgan fingerprint density at radius 3 is 2.53 bits per heavy atom. The average Bonchev–Trinajstić information content (AvgIpc) is 2.38. The standard InChI is InChI=1S/C14H12N4S/c1-9-7-10(2)17-14(16-9)19-13-12-6-4-3-5-11(12)8-15-18-13/h3-8H,1-2H3. The van der Waals surface area contributed by atoms with Crippen molar-refractivity contribution < 1.29 is 0 Å². The smallest absolute Gasteiger partial charge is 0.194 e. The molecule has 0 atom stereocenters. The molecule has 3 rings (SSSR count). The molecule has 0 N–H and O–H groups in total. The molecule has 0 aliphatic rings. The predicted octanol–water partition coefficient (Wildman–Crippen LogP) is 3.19. The first-order chi connectivity index (χ1) is 9.22. The number of fused-ring (bicyclic) bond motifs is 1. The summed E-state index contributed by atoms with van der Waals surface area (Å²) in [4.78, 5) is 8.84. The molecule has 0 aliphatic heterocycles. The van der Waals surface area contributed by atoms with Crippen LogP contribution in [0, 0.1) is 13.8 Å². The molecular formula is C14H12N4S. The average molecular weight is 268 g/mol. The molecule has 0 amide bonds. The van der Waals surface area contributed by atoms with Crippen LogP contribution >= 0.6 is 11.8 Å². The highest BCUT2D eigenvalue weighted by Gasteiger charge is 2.08. The first kappa shape index (κ1) is 12.0. The van der Waals surface area contributed by atoms with Crippen molar-refractivity contribution in [3.8, 4) is 0 Å². The predicted molar refractivity (Wildman–Crippen MR) is 75.2 cm³/mol. The lowest BCUT2D eigenvalue weighted by Crippen LogP contribution is -1.94. The second-order valence-electron chi connectivity index (χ2n) is 4.27. The molecule has 2 aromatic heterocycles. The van der Waals surface area contributed by atoms with E-state index in [9.17, 15) is 0 Å². The normalized spacial score (nSPS) is 10.8. The number of hydrogen-bond acceptors (Lipinski definition) is 5. The monoisotopic (exact) mass is 268 g/mol. The van der Waals surface area contributed by atoms with Crippen molar-refractivity contribution in [2.24, 2.45) is 0 Å². The van der Waals surface area contributed by atoms with Crippen LogP contribution < -0.4 is 0 Å². The molecule has 2 heterocycles. The molecule has 19 heavy (non-hydrogen) atoms. The molecule has 94 valence electrons. The van der Waals surface area contributed by atoms with Gasteiger partial charge in [-0.15, -0.1) is 5.10 Å². The first-order valence-electron chi connectivity index (χ1n) is 5.93. The number of rotatable bonds is 2. The van der Waals surface area contributed by atoms with Crippen LogP contribution in [0.3, 0.4) is 0 Å². The highest BCUT2D eigenvalue weighted by atomic mass is 32.2. The van der Waals surface area contributed by atoms with Crippen LogP contribution in [0.15, 0.2) is 46.7 Å². The van der Waals surface area contributed by atoms with Gasteiger partial charge in [-0.3, -0.25) is 0 Å². The minimum Gasteiger partial charge on any atom is -0.228 e. The van der Waals surface area contributed by atoms with Crippen LogP contribution in [0.1, 0.15) is 11.4 Å². The van der Waals surface area contributed by atoms with Crippen molar-refractivity contribution in [3.63, 3.8) is 0 Å². The second-order valence-corrected chi connectivity index (χ2v) is 5.23. The summed E-state index contributed by atoms with van der Waals surface area (Å²) in [6.45, 7) is 3.93. The Morgan fingerprint density at radius 1 is 1.00 bits per heavy atom. The van der Waals surface area contributed by atoms with Crippen molar-refractivity contribution in [1.82, 2.24) is 20.2 Å². The molecule has 0 saturated carbocycles. The van der Waals surface area contributed by atoms with Crippen molar-refractivity contribution in [1.29, 1.82) is 0 Å². The summed E-state index contributed by atoms with van der Waals surface area (Å²) in [7, 11) is 0. The zero-order valence-corrected chi connectivity index (χ0v) is 11.5. The molecule has 4 nitrogen and oxygen atoms in total. The minimum absolute atomic E-state index is 0.711. The molecule has 0 unspecified atom stereocenters. The number of aryl methyl sites for hydroxylation is 2. The van der Waals surface area contributed by atoms with Crippen molar-refractivity contribution in [2.75, 3.05) is 0 Å². The summed E-state index contributed by atoms with van der Waals surface area (Å²) < 4.78 is 0. The number of benzene rings is 1. The van der Waals surface area contributed by atoms with E-state index in [4.69, 9.17) is 0 Å². The molecule has 0 bridgehead atoms. The lowest BCUT2D eigenvalue weighted by molar-refractivity contribution is 0.891. The molecule has 0 spiro atoms. The molecule has 0 radical (unpaired) electrons. The van der Waals surface area contributed by atoms with Gasteiger partial charge in [-0.25, -0.2) is 9.97 Å². The Morgan fingerprint density at radius 2 is 1.74 bits per heavy atom. The van der Waals surface area contributed by atoms with Crippen LogP contribution in [0.25, 0.3) is 10.8 Å². The van der Waals surface area contributed by atoms with E-state index in [1.165, 1.54) is 11.8 Å². The van der Waals surface area contributed by atoms with Gasteiger partial charge in [-0.2, -0.15) is 5.10 Å². The molecule has 0 saturated heterocycles. The highest BCUT2D eigenvalue weighted by Crippen LogP contribution is 2.28. The second kappa shape index (κ2) is 4.93. The van der Waals surface area contributed by atoms with Gasteiger partial charge < -0.3 is 0 Å². The molecule has 0 aliphatic carbocycles. The SMILES string of the molecule is Cc1cc(C)nc(Sc2nncc3ccccc23)n1. The van der Waals surface area contributed by atoms with Gasteiger partial charge in [0.25, 0.3) is 0 Å². The van der Waals surface area contributed by atoms with Crippen LogP contribution in [-0.4, -0.2) is 20.2 Å². The maximum atomic E-state index is 4.42. The van der Waals surface area contributed by atoms with Crippen molar-refractivity contribution >= 4 is 22.5 Å². The van der Waals surface area contributed by atoms with Gasteiger partial charge in [0.2, 0.25) is 0 Å². The third-order valence-corrected chi connectivity index (χ3v) is 3.55. The van der Waals surface area contributed by atoms with Gasteiger partial charge in [0.05, 0.1) is 6.20 Å². The van der Waals surface area contributed by atoms with E-state index in [2.05, 4.69) is 20.2 Å². The van der Waals surface area contributed by atoms with Gasteiger partial charge in [0.1, 0.15) is 5.03 Å². The Labute approximate surface area is 115 Å². The fourth-order valence-corrected chi connectivity index (χ4v) is 2.84. The van der Waals surface area contributed by atoms with Crippen LogP contribution in [0.4, 0.5) is 0 Å². The summed E-state index contributed by atoms with van der Waals surface area (Å²) in [5, 5.41) is 11.9. The number of aromatic nitrogens is 4. The lowest BCUT2D eigenvalue weighted by Gasteiger charge is -2.04. The third-order valence-electron chi connectivity index (χ3n) is 2.69. The molecule has 0 fully saturated rings. The fourth-order valence-electron chi connectivity index (χ4n) is 1.90. The molecule has 3 aromatic rings. The lowest BCUT2D eigenvalue weighted by atomic mass is 10.2. The maximum absolute atomic E-state index is 4.42. The van der Waals surface area contributed by atoms with E-state index in [-0.39, 0.29) is 0 Å². The first-order valence-corrected chi connectivity index (χ1v) is 6.74. The van der Waals surface area contributed by atoms with Gasteiger partial charge in [0, 0.05) is 22.2 Å². The zero-order chi connectivity index (χ0) is 13.2. The Bertz CT molecular complexity index is 717. The minimum atomic E-state index is 0.711. The van der Waals surface area contributed by atoms with E-state index >= 15 is 0 Å². The van der Waals surface area contributed by atoms with Crippen LogP contribution in [0.5, 0.6) is 0 Å². The fraction of sp³-hybridized carbons (Fsp3) is 0.143. The summed E-state index contributed by atoms with van der Waals surface area (Å²) in [5.41, 5.74) is 1.92. The molecular weight excluding hydrogens is 256 g/mol. The Kier molecular flexibility index (Phi) is 3.13. The summed E-state index contributed by atoms with van der Waals surface area (Å²) in [6, 6.07) is 10.0. The summed E-state index contributed by atoms with van der Waals surface area (Å²) >= 11 is 1.45. The van der Waals surface area contributed by atoms with Crippen LogP contribution in [0.2, 0.25) is 0 Å². The van der Waals surface area contributed by atoms with Crippen molar-refractivity contribution in [2.45, 2.75) is 24.0 Å². The summed E-state index contributed by atoms with van der Waals surface area (Å²) in [5.74, 6) is 0. The molecule has 1 aromatic carbocycles. The number of hydrogen-bond donors (Lipinski definition) is 0. The van der Waals surface area contributed by atoms with E-state index in [1.807, 2.05) is 44.2 Å². The van der Waals surface area contributed by atoms with Gasteiger partial charge in [-0.05, 0) is 31.7 Å². The Balaban J connectivity index is 2.05. The third kappa shape index (κ3) is 2.56. The van der Waals surface area contributed by atoms with Crippen molar-refractivity contribution in [3.05, 3.63) is 47.9 Å². The van der Waals surface area contributed by atoms with Gasteiger partial charge in [0.15, 0.2) is 5.16 Å². The van der Waals surface area contributed by atoms with Gasteiger partial charge >= 0.3 is 0 Å². The zero-order valence-electron chi connectivity index (χ0n) is 10.7. The summed E-state index contributed by atoms with van der Waals surface area (Å²) in [6.07, 6.45) is 1.77. The quantitative estimate of drug-likeness (QED) is 0.668. The van der Waals surface area contributed by atoms with E-state index in [1.54, 1.807) is 6.20 Å².